The van der Waals surface area contributed by atoms with Gasteiger partial charge in [0.25, 0.3) is 5.91 Å². The first kappa shape index (κ1) is 20.7. The fraction of sp³-hybridized carbons (Fsp3) is 0.286. The zero-order valence-electron chi connectivity index (χ0n) is 16.6. The van der Waals surface area contributed by atoms with Crippen molar-refractivity contribution in [3.05, 3.63) is 64.7 Å². The molecule has 1 aromatic heterocycles. The molecule has 152 valence electrons. The standard InChI is InChI=1S/C21H24FN5OS/c1-12-14(22)5-4-6-15(12)26-20(29)18-16(10-21(2,3)27-19(18)28)25-11-13-7-8-24-17(23)9-13/h4-9,25H,10-11H2,1-3H3,(H2,23,24)(H,26,29)(H,27,28). The van der Waals surface area contributed by atoms with Crippen molar-refractivity contribution in [2.45, 2.75) is 39.3 Å². The topological polar surface area (TPSA) is 92.1 Å². The van der Waals surface area contributed by atoms with Gasteiger partial charge in [0, 0.05) is 41.6 Å². The van der Waals surface area contributed by atoms with Crippen molar-refractivity contribution in [3.8, 4) is 0 Å². The molecule has 6 nitrogen and oxygen atoms in total. The minimum absolute atomic E-state index is 0.239. The number of pyridine rings is 1. The van der Waals surface area contributed by atoms with Crippen LogP contribution in [-0.2, 0) is 11.3 Å². The molecule has 29 heavy (non-hydrogen) atoms. The van der Waals surface area contributed by atoms with Crippen molar-refractivity contribution < 1.29 is 9.18 Å². The van der Waals surface area contributed by atoms with E-state index in [9.17, 15) is 9.18 Å². The number of aromatic nitrogens is 1. The molecule has 0 radical (unpaired) electrons. The second-order valence-corrected chi connectivity index (χ2v) is 8.09. The molecule has 5 N–H and O–H groups in total. The Labute approximate surface area is 174 Å². The van der Waals surface area contributed by atoms with Gasteiger partial charge in [-0.05, 0) is 50.6 Å². The van der Waals surface area contributed by atoms with Gasteiger partial charge in [-0.2, -0.15) is 0 Å². The smallest absolute Gasteiger partial charge is 0.256 e. The number of amides is 1. The highest BCUT2D eigenvalue weighted by atomic mass is 32.1. The van der Waals surface area contributed by atoms with E-state index in [1.807, 2.05) is 19.9 Å². The van der Waals surface area contributed by atoms with E-state index in [0.29, 0.717) is 35.6 Å². The maximum absolute atomic E-state index is 13.9. The van der Waals surface area contributed by atoms with Crippen LogP contribution in [0.5, 0.6) is 0 Å². The van der Waals surface area contributed by atoms with Crippen LogP contribution in [0.15, 0.2) is 47.8 Å². The molecule has 1 aliphatic heterocycles. The van der Waals surface area contributed by atoms with Crippen molar-refractivity contribution >= 4 is 34.6 Å². The number of benzene rings is 1. The number of thiocarbonyl (C=S) groups is 1. The number of rotatable bonds is 5. The molecule has 1 aromatic carbocycles. The molecule has 8 heteroatoms. The van der Waals surface area contributed by atoms with Crippen LogP contribution >= 0.6 is 12.2 Å². The molecule has 1 aliphatic rings. The molecule has 0 spiro atoms. The average molecular weight is 414 g/mol. The number of carbonyl (C=O) groups excluding carboxylic acids is 1. The van der Waals surface area contributed by atoms with E-state index in [0.717, 1.165) is 11.3 Å². The number of carbonyl (C=O) groups is 1. The lowest BCUT2D eigenvalue weighted by atomic mass is 9.90. The Kier molecular flexibility index (Phi) is 5.83. The Bertz CT molecular complexity index is 1000. The summed E-state index contributed by atoms with van der Waals surface area (Å²) in [5.41, 5.74) is 8.30. The number of nitrogens with two attached hydrogens (primary N) is 1. The first-order valence-corrected chi connectivity index (χ1v) is 9.63. The van der Waals surface area contributed by atoms with Crippen LogP contribution in [-0.4, -0.2) is 21.4 Å². The molecular weight excluding hydrogens is 389 g/mol. The quantitative estimate of drug-likeness (QED) is 0.563. The lowest BCUT2D eigenvalue weighted by Crippen LogP contribution is -2.51. The molecule has 1 amide bonds. The monoisotopic (exact) mass is 413 g/mol. The van der Waals surface area contributed by atoms with Crippen LogP contribution in [0.2, 0.25) is 0 Å². The summed E-state index contributed by atoms with van der Waals surface area (Å²) in [6, 6.07) is 8.33. The van der Waals surface area contributed by atoms with E-state index in [-0.39, 0.29) is 16.7 Å². The average Bonchev–Trinajstić information content (AvgIpc) is 2.62. The SMILES string of the molecule is Cc1c(F)cccc1NC(=S)C1=C(NCc2ccnc(N)c2)CC(C)(C)NC1=O. The highest BCUT2D eigenvalue weighted by Crippen LogP contribution is 2.26. The van der Waals surface area contributed by atoms with Crippen LogP contribution in [0, 0.1) is 12.7 Å². The van der Waals surface area contributed by atoms with Gasteiger partial charge < -0.3 is 21.7 Å². The molecule has 3 rings (SSSR count). The molecule has 0 saturated heterocycles. The van der Waals surface area contributed by atoms with Crippen molar-refractivity contribution in [3.63, 3.8) is 0 Å². The van der Waals surface area contributed by atoms with Crippen LogP contribution < -0.4 is 21.7 Å². The lowest BCUT2D eigenvalue weighted by Gasteiger charge is -2.34. The van der Waals surface area contributed by atoms with Gasteiger partial charge in [-0.25, -0.2) is 9.37 Å². The minimum Gasteiger partial charge on any atom is -0.384 e. The van der Waals surface area contributed by atoms with E-state index < -0.39 is 5.54 Å². The number of nitrogens with zero attached hydrogens (tertiary/aromatic N) is 1. The molecule has 0 atom stereocenters. The zero-order chi connectivity index (χ0) is 21.2. The summed E-state index contributed by atoms with van der Waals surface area (Å²) in [4.78, 5) is 17.1. The number of anilines is 2. The predicted octanol–water partition coefficient (Wildman–Crippen LogP) is 3.19. The Morgan fingerprint density at radius 1 is 1.38 bits per heavy atom. The molecule has 0 bridgehead atoms. The molecule has 0 saturated carbocycles. The second-order valence-electron chi connectivity index (χ2n) is 7.68. The van der Waals surface area contributed by atoms with Gasteiger partial charge in [-0.3, -0.25) is 4.79 Å². The molecule has 0 aliphatic carbocycles. The highest BCUT2D eigenvalue weighted by molar-refractivity contribution is 7.81. The molecule has 2 heterocycles. The normalized spacial score (nSPS) is 15.7. The third kappa shape index (κ3) is 4.89. The summed E-state index contributed by atoms with van der Waals surface area (Å²) in [6.45, 7) is 6.02. The highest BCUT2D eigenvalue weighted by Gasteiger charge is 2.34. The van der Waals surface area contributed by atoms with E-state index in [2.05, 4.69) is 20.9 Å². The summed E-state index contributed by atoms with van der Waals surface area (Å²) >= 11 is 5.52. The van der Waals surface area contributed by atoms with Crippen molar-refractivity contribution in [1.82, 2.24) is 15.6 Å². The van der Waals surface area contributed by atoms with Gasteiger partial charge in [0.1, 0.15) is 16.6 Å². The van der Waals surface area contributed by atoms with Crippen LogP contribution in [0.1, 0.15) is 31.4 Å². The van der Waals surface area contributed by atoms with Crippen molar-refractivity contribution in [2.24, 2.45) is 0 Å². The van der Waals surface area contributed by atoms with Gasteiger partial charge in [-0.15, -0.1) is 0 Å². The number of nitrogen functional groups attached to an aromatic ring is 1. The summed E-state index contributed by atoms with van der Waals surface area (Å²) in [7, 11) is 0. The van der Waals surface area contributed by atoms with Crippen molar-refractivity contribution in [1.29, 1.82) is 0 Å². The van der Waals surface area contributed by atoms with E-state index in [1.54, 1.807) is 31.3 Å². The molecular formula is C21H24FN5OS. The maximum atomic E-state index is 13.9. The van der Waals surface area contributed by atoms with Gasteiger partial charge >= 0.3 is 0 Å². The molecule has 0 unspecified atom stereocenters. The lowest BCUT2D eigenvalue weighted by molar-refractivity contribution is -0.119. The number of nitrogens with one attached hydrogen (secondary N) is 3. The maximum Gasteiger partial charge on any atom is 0.256 e. The third-order valence-corrected chi connectivity index (χ3v) is 5.00. The van der Waals surface area contributed by atoms with Gasteiger partial charge in [0.15, 0.2) is 0 Å². The van der Waals surface area contributed by atoms with Crippen LogP contribution in [0.25, 0.3) is 0 Å². The summed E-state index contributed by atoms with van der Waals surface area (Å²) in [5, 5.41) is 9.31. The number of hydrogen-bond acceptors (Lipinski definition) is 5. The summed E-state index contributed by atoms with van der Waals surface area (Å²) in [5.74, 6) is -0.182. The predicted molar refractivity (Wildman–Crippen MR) is 117 cm³/mol. The van der Waals surface area contributed by atoms with Gasteiger partial charge in [0.05, 0.1) is 5.57 Å². The Hall–Kier alpha value is -3.00. The number of halogens is 1. The minimum atomic E-state index is -0.426. The number of hydrogen-bond donors (Lipinski definition) is 4. The first-order chi connectivity index (χ1) is 13.7. The summed E-state index contributed by atoms with van der Waals surface area (Å²) < 4.78 is 13.9. The first-order valence-electron chi connectivity index (χ1n) is 9.23. The largest absolute Gasteiger partial charge is 0.384 e. The molecule has 0 fully saturated rings. The third-order valence-electron chi connectivity index (χ3n) is 4.69. The van der Waals surface area contributed by atoms with E-state index >= 15 is 0 Å². The van der Waals surface area contributed by atoms with E-state index in [4.69, 9.17) is 18.0 Å². The Morgan fingerprint density at radius 3 is 2.86 bits per heavy atom. The van der Waals surface area contributed by atoms with Crippen LogP contribution in [0.4, 0.5) is 15.9 Å². The zero-order valence-corrected chi connectivity index (χ0v) is 17.4. The Morgan fingerprint density at radius 2 is 2.14 bits per heavy atom. The fourth-order valence-corrected chi connectivity index (χ4v) is 3.54. The summed E-state index contributed by atoms with van der Waals surface area (Å²) in [6.07, 6.45) is 2.21. The van der Waals surface area contributed by atoms with Crippen LogP contribution in [0.3, 0.4) is 0 Å². The van der Waals surface area contributed by atoms with Crippen molar-refractivity contribution in [2.75, 3.05) is 11.1 Å². The van der Waals surface area contributed by atoms with E-state index in [1.165, 1.54) is 6.07 Å². The Balaban J connectivity index is 1.89. The van der Waals surface area contributed by atoms with Gasteiger partial charge in [-0.1, -0.05) is 18.3 Å². The molecule has 2 aromatic rings. The van der Waals surface area contributed by atoms with Gasteiger partial charge in [0.2, 0.25) is 0 Å². The fourth-order valence-electron chi connectivity index (χ4n) is 3.21. The second kappa shape index (κ2) is 8.16.